The van der Waals surface area contributed by atoms with E-state index in [0.29, 0.717) is 6.54 Å². The summed E-state index contributed by atoms with van der Waals surface area (Å²) >= 11 is 0. The first-order valence-corrected chi connectivity index (χ1v) is 5.25. The summed E-state index contributed by atoms with van der Waals surface area (Å²) < 4.78 is 4.57. The number of ether oxygens (including phenoxy) is 1. The lowest BCUT2D eigenvalue weighted by Gasteiger charge is -2.20. The number of amides is 1. The van der Waals surface area contributed by atoms with E-state index in [1.807, 2.05) is 6.07 Å². The first kappa shape index (κ1) is 13.2. The Hall–Kier alpha value is -1.91. The van der Waals surface area contributed by atoms with Crippen molar-refractivity contribution in [2.45, 2.75) is 20.4 Å². The van der Waals surface area contributed by atoms with E-state index >= 15 is 0 Å². The second-order valence-corrected chi connectivity index (χ2v) is 4.12. The van der Waals surface area contributed by atoms with E-state index in [-0.39, 0.29) is 5.91 Å². The van der Waals surface area contributed by atoms with Crippen LogP contribution in [0.5, 0.6) is 0 Å². The summed E-state index contributed by atoms with van der Waals surface area (Å²) in [7, 11) is 1.26. The van der Waals surface area contributed by atoms with Crippen LogP contribution in [0.1, 0.15) is 19.5 Å². The zero-order chi connectivity index (χ0) is 12.9. The average molecular weight is 236 g/mol. The van der Waals surface area contributed by atoms with Gasteiger partial charge in [0, 0.05) is 6.20 Å². The molecule has 5 nitrogen and oxygen atoms in total. The van der Waals surface area contributed by atoms with E-state index < -0.39 is 11.4 Å². The van der Waals surface area contributed by atoms with Gasteiger partial charge in [-0.25, -0.2) is 0 Å². The summed E-state index contributed by atoms with van der Waals surface area (Å²) in [5, 5.41) is 2.65. The SMILES string of the molecule is COC(=O)C(C)(C)C(=O)NCc1ccccn1. The number of pyridine rings is 1. The molecule has 0 atom stereocenters. The van der Waals surface area contributed by atoms with Crippen LogP contribution < -0.4 is 5.32 Å². The number of rotatable bonds is 4. The Kier molecular flexibility index (Phi) is 4.20. The van der Waals surface area contributed by atoms with E-state index in [2.05, 4.69) is 15.0 Å². The third kappa shape index (κ3) is 3.27. The Bertz CT molecular complexity index is 401. The lowest BCUT2D eigenvalue weighted by atomic mass is 9.92. The fourth-order valence-electron chi connectivity index (χ4n) is 1.24. The lowest BCUT2D eigenvalue weighted by molar-refractivity contribution is -0.156. The van der Waals surface area contributed by atoms with E-state index in [1.54, 1.807) is 18.3 Å². The highest BCUT2D eigenvalue weighted by molar-refractivity contribution is 6.01. The summed E-state index contributed by atoms with van der Waals surface area (Å²) in [5.74, 6) is -0.939. The van der Waals surface area contributed by atoms with E-state index in [1.165, 1.54) is 21.0 Å². The van der Waals surface area contributed by atoms with Gasteiger partial charge in [0.05, 0.1) is 19.3 Å². The smallest absolute Gasteiger partial charge is 0.320 e. The molecule has 0 aromatic carbocycles. The Balaban J connectivity index is 2.58. The van der Waals surface area contributed by atoms with Gasteiger partial charge in [0.25, 0.3) is 0 Å². The molecule has 0 bridgehead atoms. The summed E-state index contributed by atoms with van der Waals surface area (Å²) in [4.78, 5) is 27.3. The van der Waals surface area contributed by atoms with Crippen LogP contribution in [0, 0.1) is 5.41 Å². The maximum atomic E-state index is 11.8. The van der Waals surface area contributed by atoms with Gasteiger partial charge < -0.3 is 10.1 Å². The van der Waals surface area contributed by atoms with Crippen molar-refractivity contribution < 1.29 is 14.3 Å². The van der Waals surface area contributed by atoms with Crippen molar-refractivity contribution >= 4 is 11.9 Å². The molecule has 0 spiro atoms. The number of carbonyl (C=O) groups is 2. The highest BCUT2D eigenvalue weighted by atomic mass is 16.5. The molecule has 0 saturated heterocycles. The third-order valence-corrected chi connectivity index (χ3v) is 2.42. The summed E-state index contributed by atoms with van der Waals surface area (Å²) in [6.45, 7) is 3.33. The predicted molar refractivity (Wildman–Crippen MR) is 61.9 cm³/mol. The Morgan fingerprint density at radius 1 is 1.41 bits per heavy atom. The van der Waals surface area contributed by atoms with Crippen molar-refractivity contribution in [3.8, 4) is 0 Å². The monoisotopic (exact) mass is 236 g/mol. The standard InChI is InChI=1S/C12H16N2O3/c1-12(2,11(16)17-3)10(15)14-8-9-6-4-5-7-13-9/h4-7H,8H2,1-3H3,(H,14,15). The van der Waals surface area contributed by atoms with Gasteiger partial charge in [0.2, 0.25) is 5.91 Å². The molecule has 0 aliphatic rings. The van der Waals surface area contributed by atoms with Gasteiger partial charge in [-0.2, -0.15) is 0 Å². The molecule has 0 saturated carbocycles. The zero-order valence-electron chi connectivity index (χ0n) is 10.2. The number of nitrogens with zero attached hydrogens (tertiary/aromatic N) is 1. The first-order chi connectivity index (χ1) is 7.98. The molecule has 1 rings (SSSR count). The highest BCUT2D eigenvalue weighted by Gasteiger charge is 2.36. The molecule has 0 aliphatic carbocycles. The van der Waals surface area contributed by atoms with Gasteiger partial charge in [0.1, 0.15) is 5.41 Å². The van der Waals surface area contributed by atoms with Crippen LogP contribution >= 0.6 is 0 Å². The molecule has 92 valence electrons. The lowest BCUT2D eigenvalue weighted by Crippen LogP contribution is -2.42. The van der Waals surface area contributed by atoms with Crippen LogP contribution in [0.2, 0.25) is 0 Å². The van der Waals surface area contributed by atoms with Gasteiger partial charge in [-0.15, -0.1) is 0 Å². The van der Waals surface area contributed by atoms with Crippen LogP contribution in [-0.4, -0.2) is 24.0 Å². The fraction of sp³-hybridized carbons (Fsp3) is 0.417. The Morgan fingerprint density at radius 3 is 2.65 bits per heavy atom. The van der Waals surface area contributed by atoms with Crippen molar-refractivity contribution in [2.75, 3.05) is 7.11 Å². The molecule has 0 unspecified atom stereocenters. The molecular formula is C12H16N2O3. The minimum atomic E-state index is -1.19. The average Bonchev–Trinajstić information content (AvgIpc) is 2.35. The van der Waals surface area contributed by atoms with E-state index in [4.69, 9.17) is 0 Å². The number of nitrogens with one attached hydrogen (secondary N) is 1. The van der Waals surface area contributed by atoms with Gasteiger partial charge in [-0.05, 0) is 26.0 Å². The third-order valence-electron chi connectivity index (χ3n) is 2.42. The second-order valence-electron chi connectivity index (χ2n) is 4.12. The van der Waals surface area contributed by atoms with Crippen molar-refractivity contribution in [3.05, 3.63) is 30.1 Å². The van der Waals surface area contributed by atoms with Gasteiger partial charge in [-0.1, -0.05) is 6.07 Å². The zero-order valence-corrected chi connectivity index (χ0v) is 10.2. The largest absolute Gasteiger partial charge is 0.468 e. The number of aromatic nitrogens is 1. The Labute approximate surface area is 100 Å². The Morgan fingerprint density at radius 2 is 2.12 bits per heavy atom. The van der Waals surface area contributed by atoms with E-state index in [9.17, 15) is 9.59 Å². The molecule has 1 aromatic rings. The van der Waals surface area contributed by atoms with Crippen LogP contribution in [0.15, 0.2) is 24.4 Å². The summed E-state index contributed by atoms with van der Waals surface area (Å²) in [6.07, 6.45) is 1.65. The number of hydrogen-bond acceptors (Lipinski definition) is 4. The first-order valence-electron chi connectivity index (χ1n) is 5.25. The highest BCUT2D eigenvalue weighted by Crippen LogP contribution is 2.17. The fourth-order valence-corrected chi connectivity index (χ4v) is 1.24. The molecule has 0 radical (unpaired) electrons. The normalized spacial score (nSPS) is 10.8. The van der Waals surface area contributed by atoms with Crippen molar-refractivity contribution in [2.24, 2.45) is 5.41 Å². The van der Waals surface area contributed by atoms with Crippen molar-refractivity contribution in [1.29, 1.82) is 0 Å². The molecule has 1 amide bonds. The summed E-state index contributed by atoms with van der Waals surface area (Å²) in [6, 6.07) is 5.43. The second kappa shape index (κ2) is 5.43. The number of methoxy groups -OCH3 is 1. The summed E-state index contributed by atoms with van der Waals surface area (Å²) in [5.41, 5.74) is -0.453. The van der Waals surface area contributed by atoms with Crippen LogP contribution in [-0.2, 0) is 20.9 Å². The topological polar surface area (TPSA) is 68.3 Å². The molecule has 17 heavy (non-hydrogen) atoms. The number of esters is 1. The maximum absolute atomic E-state index is 11.8. The predicted octanol–water partition coefficient (Wildman–Crippen LogP) is 0.897. The molecule has 5 heteroatoms. The molecule has 1 aromatic heterocycles. The molecule has 1 N–H and O–H groups in total. The molecule has 0 aliphatic heterocycles. The van der Waals surface area contributed by atoms with Crippen LogP contribution in [0.4, 0.5) is 0 Å². The number of hydrogen-bond donors (Lipinski definition) is 1. The quantitative estimate of drug-likeness (QED) is 0.623. The maximum Gasteiger partial charge on any atom is 0.320 e. The number of carbonyl (C=O) groups excluding carboxylic acids is 2. The molecule has 0 fully saturated rings. The minimum Gasteiger partial charge on any atom is -0.468 e. The van der Waals surface area contributed by atoms with Gasteiger partial charge in [0.15, 0.2) is 0 Å². The molecule has 1 heterocycles. The van der Waals surface area contributed by atoms with Crippen molar-refractivity contribution in [1.82, 2.24) is 10.3 Å². The van der Waals surface area contributed by atoms with Gasteiger partial charge in [-0.3, -0.25) is 14.6 Å². The van der Waals surface area contributed by atoms with Crippen molar-refractivity contribution in [3.63, 3.8) is 0 Å². The van der Waals surface area contributed by atoms with Crippen LogP contribution in [0.3, 0.4) is 0 Å². The van der Waals surface area contributed by atoms with Crippen LogP contribution in [0.25, 0.3) is 0 Å². The van der Waals surface area contributed by atoms with E-state index in [0.717, 1.165) is 5.69 Å². The molecular weight excluding hydrogens is 220 g/mol. The van der Waals surface area contributed by atoms with Gasteiger partial charge >= 0.3 is 5.97 Å². The minimum absolute atomic E-state index is 0.292.